The summed E-state index contributed by atoms with van der Waals surface area (Å²) in [7, 11) is 0. The molecule has 1 amide bonds. The Morgan fingerprint density at radius 2 is 1.96 bits per heavy atom. The second-order valence-electron chi connectivity index (χ2n) is 5.90. The third-order valence-corrected chi connectivity index (χ3v) is 3.59. The van der Waals surface area contributed by atoms with Crippen LogP contribution in [-0.4, -0.2) is 38.8 Å². The van der Waals surface area contributed by atoms with Gasteiger partial charge in [-0.3, -0.25) is 9.36 Å². The Morgan fingerprint density at radius 1 is 1.32 bits per heavy atom. The number of carboxylic acid groups (broad SMARTS) is 1. The van der Waals surface area contributed by atoms with Crippen LogP contribution in [-0.2, 0) is 11.3 Å². The highest BCUT2D eigenvalue weighted by atomic mass is 19.4. The van der Waals surface area contributed by atoms with Crippen molar-refractivity contribution in [3.63, 3.8) is 0 Å². The summed E-state index contributed by atoms with van der Waals surface area (Å²) in [5.74, 6) is -2.26. The summed E-state index contributed by atoms with van der Waals surface area (Å²) in [6.45, 7) is 1.79. The van der Waals surface area contributed by atoms with E-state index in [2.05, 4.69) is 10.3 Å². The predicted octanol–water partition coefficient (Wildman–Crippen LogP) is 1.73. The zero-order chi connectivity index (χ0) is 18.9. The molecule has 0 aliphatic rings. The van der Waals surface area contributed by atoms with Crippen molar-refractivity contribution in [2.75, 3.05) is 0 Å². The first kappa shape index (κ1) is 18.6. The summed E-state index contributed by atoms with van der Waals surface area (Å²) in [6.07, 6.45) is -4.57. The Bertz CT molecular complexity index is 867. The van der Waals surface area contributed by atoms with E-state index in [1.807, 2.05) is 0 Å². The maximum absolute atomic E-state index is 12.5. The molecule has 0 aliphatic carbocycles. The molecule has 0 radical (unpaired) electrons. The second-order valence-corrected chi connectivity index (χ2v) is 5.90. The van der Waals surface area contributed by atoms with Crippen molar-refractivity contribution in [2.24, 2.45) is 5.92 Å². The molecular weight excluding hydrogens is 343 g/mol. The van der Waals surface area contributed by atoms with Crippen LogP contribution in [0.15, 0.2) is 23.0 Å². The number of aromatic nitrogens is 2. The van der Waals surface area contributed by atoms with Gasteiger partial charge in [0.1, 0.15) is 12.6 Å². The highest BCUT2D eigenvalue weighted by Crippen LogP contribution is 2.20. The van der Waals surface area contributed by atoms with Crippen LogP contribution < -0.4 is 11.0 Å². The fourth-order valence-corrected chi connectivity index (χ4v) is 2.38. The van der Waals surface area contributed by atoms with Gasteiger partial charge in [-0.15, -0.1) is 0 Å². The lowest BCUT2D eigenvalue weighted by Gasteiger charge is -2.17. The SMILES string of the molecule is CC(C)[C@@H](NC(=O)c1ccc2c(c1)[nH]c(=O)n2CC(F)(F)F)C(=O)O. The van der Waals surface area contributed by atoms with E-state index in [4.69, 9.17) is 5.11 Å². The van der Waals surface area contributed by atoms with Gasteiger partial charge in [-0.25, -0.2) is 9.59 Å². The molecule has 1 aromatic carbocycles. The number of benzene rings is 1. The van der Waals surface area contributed by atoms with Crippen molar-refractivity contribution >= 4 is 22.9 Å². The molecule has 0 aliphatic heterocycles. The molecule has 7 nitrogen and oxygen atoms in total. The third-order valence-electron chi connectivity index (χ3n) is 3.59. The second kappa shape index (κ2) is 6.61. The highest BCUT2D eigenvalue weighted by molar-refractivity contribution is 5.99. The van der Waals surface area contributed by atoms with Gasteiger partial charge in [0.2, 0.25) is 0 Å². The summed E-state index contributed by atoms with van der Waals surface area (Å²) >= 11 is 0. The van der Waals surface area contributed by atoms with Crippen LogP contribution >= 0.6 is 0 Å². The maximum atomic E-state index is 12.5. The Labute approximate surface area is 139 Å². The number of alkyl halides is 3. The molecule has 1 aromatic heterocycles. The van der Waals surface area contributed by atoms with E-state index in [0.717, 1.165) is 0 Å². The van der Waals surface area contributed by atoms with Crippen LogP contribution in [0.4, 0.5) is 13.2 Å². The van der Waals surface area contributed by atoms with E-state index in [0.29, 0.717) is 4.57 Å². The Kier molecular flexibility index (Phi) is 4.91. The summed E-state index contributed by atoms with van der Waals surface area (Å²) in [4.78, 5) is 37.2. The normalized spacial score (nSPS) is 13.2. The van der Waals surface area contributed by atoms with E-state index < -0.39 is 36.3 Å². The number of fused-ring (bicyclic) bond motifs is 1. The van der Waals surface area contributed by atoms with E-state index in [1.165, 1.54) is 18.2 Å². The molecule has 0 saturated carbocycles. The van der Waals surface area contributed by atoms with Gasteiger partial charge in [0.25, 0.3) is 5.91 Å². The number of nitrogens with one attached hydrogen (secondary N) is 2. The van der Waals surface area contributed by atoms with Crippen LogP contribution in [0.2, 0.25) is 0 Å². The minimum absolute atomic E-state index is 0.00230. The fraction of sp³-hybridized carbons (Fsp3) is 0.400. The standard InChI is InChI=1S/C15H16F3N3O4/c1-7(2)11(13(23)24)20-12(22)8-3-4-10-9(5-8)19-14(25)21(10)6-15(16,17)18/h3-5,7,11H,6H2,1-2H3,(H,19,25)(H,20,22)(H,23,24)/t11-/m1/s1. The molecule has 136 valence electrons. The number of rotatable bonds is 5. The number of hydrogen-bond acceptors (Lipinski definition) is 3. The van der Waals surface area contributed by atoms with Gasteiger partial charge in [-0.2, -0.15) is 13.2 Å². The van der Waals surface area contributed by atoms with Crippen LogP contribution in [0.3, 0.4) is 0 Å². The molecule has 3 N–H and O–H groups in total. The van der Waals surface area contributed by atoms with Crippen LogP contribution in [0.25, 0.3) is 11.0 Å². The molecule has 10 heteroatoms. The number of amides is 1. The molecule has 0 spiro atoms. The largest absolute Gasteiger partial charge is 0.480 e. The number of carboxylic acids is 1. The fourth-order valence-electron chi connectivity index (χ4n) is 2.38. The van der Waals surface area contributed by atoms with Crippen LogP contribution in [0.1, 0.15) is 24.2 Å². The molecule has 25 heavy (non-hydrogen) atoms. The summed E-state index contributed by atoms with van der Waals surface area (Å²) in [5, 5.41) is 11.4. The lowest BCUT2D eigenvalue weighted by molar-refractivity contribution is -0.141. The Hall–Kier alpha value is -2.78. The molecule has 0 fully saturated rings. The smallest absolute Gasteiger partial charge is 0.406 e. The van der Waals surface area contributed by atoms with E-state index in [1.54, 1.807) is 13.8 Å². The first-order valence-corrected chi connectivity index (χ1v) is 7.32. The number of aliphatic carboxylic acids is 1. The number of imidazole rings is 1. The summed E-state index contributed by atoms with van der Waals surface area (Å²) < 4.78 is 38.1. The van der Waals surface area contributed by atoms with Crippen LogP contribution in [0, 0.1) is 5.92 Å². The van der Waals surface area contributed by atoms with Gasteiger partial charge >= 0.3 is 17.8 Å². The molecule has 2 aromatic rings. The van der Waals surface area contributed by atoms with Crippen LogP contribution in [0.5, 0.6) is 0 Å². The minimum Gasteiger partial charge on any atom is -0.480 e. The number of H-pyrrole nitrogens is 1. The lowest BCUT2D eigenvalue weighted by atomic mass is 10.0. The van der Waals surface area contributed by atoms with Gasteiger partial charge in [-0.1, -0.05) is 13.8 Å². The monoisotopic (exact) mass is 359 g/mol. The minimum atomic E-state index is -4.57. The maximum Gasteiger partial charge on any atom is 0.406 e. The van der Waals surface area contributed by atoms with E-state index in [-0.39, 0.29) is 22.5 Å². The Morgan fingerprint density at radius 3 is 2.48 bits per heavy atom. The summed E-state index contributed by atoms with van der Waals surface area (Å²) in [5.41, 5.74) is -0.869. The number of hydrogen-bond donors (Lipinski definition) is 3. The molecule has 1 atom stereocenters. The number of nitrogens with zero attached hydrogens (tertiary/aromatic N) is 1. The van der Waals surface area contributed by atoms with Gasteiger partial charge in [0.15, 0.2) is 0 Å². The number of carbonyl (C=O) groups is 2. The van der Waals surface area contributed by atoms with Gasteiger partial charge in [-0.05, 0) is 24.1 Å². The van der Waals surface area contributed by atoms with Crippen molar-refractivity contribution in [3.05, 3.63) is 34.2 Å². The quantitative estimate of drug-likeness (QED) is 0.756. The average molecular weight is 359 g/mol. The predicted molar refractivity (Wildman–Crippen MR) is 82.3 cm³/mol. The van der Waals surface area contributed by atoms with Gasteiger partial charge in [0, 0.05) is 5.56 Å². The van der Waals surface area contributed by atoms with Gasteiger partial charge < -0.3 is 15.4 Å². The molecule has 0 unspecified atom stereocenters. The number of carbonyl (C=O) groups excluding carboxylic acids is 1. The molecular formula is C15H16F3N3O4. The average Bonchev–Trinajstić information content (AvgIpc) is 2.77. The first-order valence-electron chi connectivity index (χ1n) is 7.32. The van der Waals surface area contributed by atoms with Crippen molar-refractivity contribution in [1.82, 2.24) is 14.9 Å². The van der Waals surface area contributed by atoms with Crippen molar-refractivity contribution in [2.45, 2.75) is 32.6 Å². The highest BCUT2D eigenvalue weighted by Gasteiger charge is 2.30. The van der Waals surface area contributed by atoms with E-state index >= 15 is 0 Å². The molecule has 0 saturated heterocycles. The van der Waals surface area contributed by atoms with Crippen molar-refractivity contribution in [1.29, 1.82) is 0 Å². The lowest BCUT2D eigenvalue weighted by Crippen LogP contribution is -2.44. The Balaban J connectivity index is 2.34. The van der Waals surface area contributed by atoms with Gasteiger partial charge in [0.05, 0.1) is 11.0 Å². The zero-order valence-electron chi connectivity index (χ0n) is 13.3. The summed E-state index contributed by atoms with van der Waals surface area (Å²) in [6, 6.07) is 2.53. The van der Waals surface area contributed by atoms with E-state index in [9.17, 15) is 27.6 Å². The third kappa shape index (κ3) is 4.20. The first-order chi connectivity index (χ1) is 11.5. The molecule has 1 heterocycles. The number of halogens is 3. The zero-order valence-corrected chi connectivity index (χ0v) is 13.3. The molecule has 0 bridgehead atoms. The number of aromatic amines is 1. The van der Waals surface area contributed by atoms with Crippen molar-refractivity contribution in [3.8, 4) is 0 Å². The molecule has 2 rings (SSSR count). The van der Waals surface area contributed by atoms with Crippen molar-refractivity contribution < 1.29 is 27.9 Å². The topological polar surface area (TPSA) is 104 Å².